The van der Waals surface area contributed by atoms with Crippen molar-refractivity contribution in [1.82, 2.24) is 0 Å². The molecule has 0 radical (unpaired) electrons. The van der Waals surface area contributed by atoms with Crippen molar-refractivity contribution in [2.24, 2.45) is 0 Å². The summed E-state index contributed by atoms with van der Waals surface area (Å²) in [5, 5.41) is 10.9. The van der Waals surface area contributed by atoms with Crippen molar-refractivity contribution < 1.29 is 9.67 Å². The molecule has 2 nitrogen and oxygen atoms in total. The summed E-state index contributed by atoms with van der Waals surface area (Å²) in [6.45, 7) is 3.58. The van der Waals surface area contributed by atoms with Gasteiger partial charge in [0, 0.05) is 22.9 Å². The van der Waals surface area contributed by atoms with Gasteiger partial charge in [-0.05, 0) is 12.5 Å². The van der Waals surface area contributed by atoms with E-state index in [1.54, 1.807) is 6.08 Å². The Kier molecular flexibility index (Phi) is 5.36. The van der Waals surface area contributed by atoms with Gasteiger partial charge in [-0.2, -0.15) is 0 Å². The number of allylic oxidation sites excluding steroid dienone is 1. The molecule has 2 aromatic rings. The highest BCUT2D eigenvalue weighted by Crippen LogP contribution is 2.50. The van der Waals surface area contributed by atoms with Gasteiger partial charge in [0.2, 0.25) is 0 Å². The molecular weight excluding hydrogens is 279 g/mol. The van der Waals surface area contributed by atoms with E-state index in [-0.39, 0.29) is 12.3 Å². The number of aliphatic hydroxyl groups is 1. The molecular formula is C18H19O2P. The summed E-state index contributed by atoms with van der Waals surface area (Å²) in [5.74, 6) is 0. The Morgan fingerprint density at radius 3 is 1.90 bits per heavy atom. The fourth-order valence-corrected chi connectivity index (χ4v) is 5.56. The van der Waals surface area contributed by atoms with Crippen LogP contribution in [0.2, 0.25) is 0 Å². The van der Waals surface area contributed by atoms with Crippen LogP contribution in [0.15, 0.2) is 79.0 Å². The molecule has 0 saturated carbocycles. The van der Waals surface area contributed by atoms with Crippen molar-refractivity contribution in [3.63, 3.8) is 0 Å². The molecule has 0 heterocycles. The third-order valence-corrected chi connectivity index (χ3v) is 6.95. The van der Waals surface area contributed by atoms with E-state index in [1.807, 2.05) is 60.7 Å². The summed E-state index contributed by atoms with van der Waals surface area (Å²) in [4.78, 5) is 0. The quantitative estimate of drug-likeness (QED) is 0.657. The van der Waals surface area contributed by atoms with E-state index in [0.717, 1.165) is 10.6 Å². The Morgan fingerprint density at radius 1 is 1.05 bits per heavy atom. The second-order valence-electron chi connectivity index (χ2n) is 4.78. The molecule has 0 fully saturated rings. The highest BCUT2D eigenvalue weighted by atomic mass is 31.2. The third-order valence-electron chi connectivity index (χ3n) is 3.48. The molecule has 0 aliphatic rings. The highest BCUT2D eigenvalue weighted by Gasteiger charge is 2.34. The van der Waals surface area contributed by atoms with Gasteiger partial charge in [0.1, 0.15) is 7.14 Å². The van der Waals surface area contributed by atoms with E-state index in [1.165, 1.54) is 0 Å². The summed E-state index contributed by atoms with van der Waals surface area (Å²) >= 11 is 0. The summed E-state index contributed by atoms with van der Waals surface area (Å²) in [6, 6.07) is 18.9. The molecule has 108 valence electrons. The zero-order valence-corrected chi connectivity index (χ0v) is 12.7. The molecule has 1 atom stereocenters. The molecule has 0 spiro atoms. The largest absolute Gasteiger partial charge is 0.396 e. The van der Waals surface area contributed by atoms with Gasteiger partial charge < -0.3 is 9.67 Å². The van der Waals surface area contributed by atoms with E-state index in [0.29, 0.717) is 6.42 Å². The van der Waals surface area contributed by atoms with Crippen LogP contribution in [0.5, 0.6) is 0 Å². The molecule has 1 unspecified atom stereocenters. The minimum atomic E-state index is -2.89. The molecule has 3 heteroatoms. The van der Waals surface area contributed by atoms with Crippen molar-refractivity contribution in [2.75, 3.05) is 6.61 Å². The van der Waals surface area contributed by atoms with Crippen LogP contribution in [0.25, 0.3) is 0 Å². The smallest absolute Gasteiger partial charge is 0.150 e. The Morgan fingerprint density at radius 2 is 1.52 bits per heavy atom. The lowest BCUT2D eigenvalue weighted by atomic mass is 10.3. The first-order valence-electron chi connectivity index (χ1n) is 6.91. The number of benzene rings is 2. The fourth-order valence-electron chi connectivity index (χ4n) is 2.47. The number of rotatable bonds is 6. The first kappa shape index (κ1) is 15.5. The second kappa shape index (κ2) is 7.24. The molecule has 2 aromatic carbocycles. The van der Waals surface area contributed by atoms with Crippen LogP contribution in [0.3, 0.4) is 0 Å². The van der Waals surface area contributed by atoms with Crippen molar-refractivity contribution in [3.8, 4) is 0 Å². The van der Waals surface area contributed by atoms with E-state index >= 15 is 0 Å². The van der Waals surface area contributed by atoms with Gasteiger partial charge in [0.25, 0.3) is 0 Å². The molecule has 0 saturated heterocycles. The topological polar surface area (TPSA) is 37.3 Å². The van der Waals surface area contributed by atoms with E-state index in [4.69, 9.17) is 0 Å². The summed E-state index contributed by atoms with van der Waals surface area (Å²) in [6.07, 6.45) is 2.14. The minimum Gasteiger partial charge on any atom is -0.396 e. The van der Waals surface area contributed by atoms with Gasteiger partial charge in [0.05, 0.1) is 0 Å². The summed E-state index contributed by atoms with van der Waals surface area (Å²) in [5.41, 5.74) is 2.44. The van der Waals surface area contributed by atoms with Crippen LogP contribution in [-0.2, 0) is 4.57 Å². The van der Waals surface area contributed by atoms with Gasteiger partial charge in [-0.1, -0.05) is 67.2 Å². The average Bonchev–Trinajstić information content (AvgIpc) is 2.55. The van der Waals surface area contributed by atoms with Crippen molar-refractivity contribution in [3.05, 3.63) is 79.0 Å². The van der Waals surface area contributed by atoms with Gasteiger partial charge >= 0.3 is 0 Å². The van der Waals surface area contributed by atoms with Gasteiger partial charge in [-0.25, -0.2) is 0 Å². The maximum Gasteiger partial charge on any atom is 0.150 e. The molecule has 21 heavy (non-hydrogen) atoms. The number of aliphatic hydroxyl groups excluding tert-OH is 1. The van der Waals surface area contributed by atoms with E-state index in [9.17, 15) is 9.67 Å². The summed E-state index contributed by atoms with van der Waals surface area (Å²) in [7, 11) is -2.89. The lowest BCUT2D eigenvalue weighted by molar-refractivity contribution is 0.290. The van der Waals surface area contributed by atoms with Gasteiger partial charge in [-0.15, -0.1) is 5.73 Å². The molecule has 0 aromatic heterocycles. The van der Waals surface area contributed by atoms with Crippen molar-refractivity contribution in [1.29, 1.82) is 0 Å². The van der Waals surface area contributed by atoms with Crippen molar-refractivity contribution in [2.45, 2.75) is 12.1 Å². The maximum absolute atomic E-state index is 13.9. The normalized spacial score (nSPS) is 12.4. The lowest BCUT2D eigenvalue weighted by Gasteiger charge is -2.25. The first-order valence-corrected chi connectivity index (χ1v) is 8.69. The van der Waals surface area contributed by atoms with Crippen LogP contribution >= 0.6 is 7.14 Å². The second-order valence-corrected chi connectivity index (χ2v) is 7.79. The standard InChI is InChI=1S/C18H19O2P/c1-2-9-16(14-15-19)21(20,17-10-5-3-6-11-17)18-12-7-4-8-13-18/h3-13,16,19H,1,14-15H2. The molecule has 0 aliphatic carbocycles. The van der Waals surface area contributed by atoms with Gasteiger partial charge in [-0.3, -0.25) is 0 Å². The molecule has 2 rings (SSSR count). The molecule has 0 amide bonds. The van der Waals surface area contributed by atoms with Crippen LogP contribution < -0.4 is 10.6 Å². The van der Waals surface area contributed by atoms with E-state index in [2.05, 4.69) is 12.3 Å². The third kappa shape index (κ3) is 3.25. The predicted molar refractivity (Wildman–Crippen MR) is 89.0 cm³/mol. The first-order chi connectivity index (χ1) is 10.2. The SMILES string of the molecule is C=C=CC(CCO)P(=O)(c1ccccc1)c1ccccc1. The van der Waals surface area contributed by atoms with E-state index < -0.39 is 7.14 Å². The predicted octanol–water partition coefficient (Wildman–Crippen LogP) is 3.09. The molecule has 0 aliphatic heterocycles. The Hall–Kier alpha value is -1.85. The fraction of sp³-hybridized carbons (Fsp3) is 0.167. The molecule has 0 bridgehead atoms. The van der Waals surface area contributed by atoms with Crippen LogP contribution in [0.1, 0.15) is 6.42 Å². The maximum atomic E-state index is 13.9. The summed E-state index contributed by atoms with van der Waals surface area (Å²) < 4.78 is 13.9. The highest BCUT2D eigenvalue weighted by molar-refractivity contribution is 7.79. The zero-order valence-electron chi connectivity index (χ0n) is 11.9. The van der Waals surface area contributed by atoms with Crippen LogP contribution in [0, 0.1) is 0 Å². The Bertz CT molecular complexity index is 615. The number of hydrogen-bond acceptors (Lipinski definition) is 2. The van der Waals surface area contributed by atoms with Crippen LogP contribution in [0.4, 0.5) is 0 Å². The Labute approximate surface area is 125 Å². The Balaban J connectivity index is 2.64. The monoisotopic (exact) mass is 298 g/mol. The lowest BCUT2D eigenvalue weighted by Crippen LogP contribution is -2.25. The zero-order chi connectivity index (χ0) is 15.1. The van der Waals surface area contributed by atoms with Crippen LogP contribution in [-0.4, -0.2) is 17.4 Å². The minimum absolute atomic E-state index is 0.0213. The van der Waals surface area contributed by atoms with Gasteiger partial charge in [0.15, 0.2) is 0 Å². The van der Waals surface area contributed by atoms with Crippen molar-refractivity contribution >= 4 is 17.8 Å². The molecule has 1 N–H and O–H groups in total. The average molecular weight is 298 g/mol. The number of hydrogen-bond donors (Lipinski definition) is 1.